The van der Waals surface area contributed by atoms with E-state index in [1.165, 1.54) is 0 Å². The number of aryl methyl sites for hydroxylation is 1. The molecule has 1 aliphatic rings. The third-order valence-electron chi connectivity index (χ3n) is 2.77. The highest BCUT2D eigenvalue weighted by Gasteiger charge is 2.24. The summed E-state index contributed by atoms with van der Waals surface area (Å²) in [5.74, 6) is 0.139. The summed E-state index contributed by atoms with van der Waals surface area (Å²) in [7, 11) is 0. The van der Waals surface area contributed by atoms with Gasteiger partial charge in [0.25, 0.3) is 0 Å². The fourth-order valence-electron chi connectivity index (χ4n) is 1.88. The number of aromatic nitrogens is 1. The summed E-state index contributed by atoms with van der Waals surface area (Å²) in [4.78, 5) is 16.2. The lowest BCUT2D eigenvalue weighted by Crippen LogP contribution is -2.26. The Morgan fingerprint density at radius 2 is 2.47 bits per heavy atom. The molecule has 0 aromatic carbocycles. The molecule has 1 aliphatic heterocycles. The first kappa shape index (κ1) is 10.3. The smallest absolute Gasteiger partial charge is 0.186 e. The summed E-state index contributed by atoms with van der Waals surface area (Å²) >= 11 is 0. The molecule has 3 heteroatoms. The third-order valence-corrected chi connectivity index (χ3v) is 2.77. The molecule has 2 heterocycles. The van der Waals surface area contributed by atoms with Gasteiger partial charge in [0.2, 0.25) is 0 Å². The number of Topliss-reactive ketones (excluding diaryl/α,β-unsaturated/α-hetero) is 1. The van der Waals surface area contributed by atoms with Gasteiger partial charge in [-0.25, -0.2) is 0 Å². The summed E-state index contributed by atoms with van der Waals surface area (Å²) < 4.78 is 5.32. The van der Waals surface area contributed by atoms with E-state index in [-0.39, 0.29) is 11.7 Å². The van der Waals surface area contributed by atoms with Gasteiger partial charge in [0, 0.05) is 18.7 Å². The monoisotopic (exact) mass is 205 g/mol. The molecule has 0 radical (unpaired) electrons. The summed E-state index contributed by atoms with van der Waals surface area (Å²) in [6.07, 6.45) is 3.57. The first-order valence-corrected chi connectivity index (χ1v) is 5.32. The highest BCUT2D eigenvalue weighted by Crippen LogP contribution is 2.19. The number of pyridine rings is 1. The van der Waals surface area contributed by atoms with E-state index in [9.17, 15) is 4.79 Å². The van der Waals surface area contributed by atoms with E-state index in [1.807, 2.05) is 19.1 Å². The van der Waals surface area contributed by atoms with Crippen LogP contribution in [0.25, 0.3) is 0 Å². The molecule has 80 valence electrons. The van der Waals surface area contributed by atoms with E-state index in [4.69, 9.17) is 4.74 Å². The second-order valence-corrected chi connectivity index (χ2v) is 3.95. The summed E-state index contributed by atoms with van der Waals surface area (Å²) in [5, 5.41) is 0. The zero-order valence-corrected chi connectivity index (χ0v) is 8.90. The maximum atomic E-state index is 12.1. The van der Waals surface area contributed by atoms with Crippen LogP contribution < -0.4 is 0 Å². The second-order valence-electron chi connectivity index (χ2n) is 3.95. The van der Waals surface area contributed by atoms with E-state index < -0.39 is 0 Å². The second kappa shape index (κ2) is 4.53. The minimum atomic E-state index is 0.00681. The molecule has 0 N–H and O–H groups in total. The first-order valence-electron chi connectivity index (χ1n) is 5.32. The maximum Gasteiger partial charge on any atom is 0.186 e. The number of ketones is 1. The molecule has 2 rings (SSSR count). The normalized spacial score (nSPS) is 21.3. The Morgan fingerprint density at radius 1 is 1.60 bits per heavy atom. The van der Waals surface area contributed by atoms with Gasteiger partial charge in [-0.3, -0.25) is 9.78 Å². The minimum Gasteiger partial charge on any atom is -0.381 e. The molecule has 1 atom stereocenters. The molecule has 3 nitrogen and oxygen atoms in total. The Kier molecular flexibility index (Phi) is 3.11. The van der Waals surface area contributed by atoms with Gasteiger partial charge in [-0.1, -0.05) is 6.07 Å². The van der Waals surface area contributed by atoms with Crippen LogP contribution in [-0.4, -0.2) is 24.0 Å². The van der Waals surface area contributed by atoms with Gasteiger partial charge in [0.1, 0.15) is 5.69 Å². The van der Waals surface area contributed by atoms with Crippen LogP contribution in [-0.2, 0) is 4.74 Å². The quantitative estimate of drug-likeness (QED) is 0.693. The van der Waals surface area contributed by atoms with Gasteiger partial charge in [0.15, 0.2) is 5.78 Å². The summed E-state index contributed by atoms with van der Waals surface area (Å²) in [6, 6.07) is 3.77. The number of carbonyl (C=O) groups excluding carboxylic acids is 1. The Morgan fingerprint density at radius 3 is 3.13 bits per heavy atom. The van der Waals surface area contributed by atoms with Gasteiger partial charge in [-0.15, -0.1) is 0 Å². The number of carbonyl (C=O) groups is 1. The minimum absolute atomic E-state index is 0.00681. The number of nitrogens with zero attached hydrogens (tertiary/aromatic N) is 1. The van der Waals surface area contributed by atoms with Crippen LogP contribution in [0.3, 0.4) is 0 Å². The fourth-order valence-corrected chi connectivity index (χ4v) is 1.88. The van der Waals surface area contributed by atoms with Crippen LogP contribution in [0.2, 0.25) is 0 Å². The zero-order chi connectivity index (χ0) is 10.7. The largest absolute Gasteiger partial charge is 0.381 e. The van der Waals surface area contributed by atoms with Crippen LogP contribution in [0.15, 0.2) is 18.3 Å². The Hall–Kier alpha value is -1.22. The summed E-state index contributed by atoms with van der Waals surface area (Å²) in [5.41, 5.74) is 1.56. The van der Waals surface area contributed by atoms with Crippen molar-refractivity contribution in [3.8, 4) is 0 Å². The van der Waals surface area contributed by atoms with Crippen LogP contribution in [0.1, 0.15) is 28.9 Å². The topological polar surface area (TPSA) is 39.2 Å². The number of ether oxygens (including phenoxy) is 1. The molecule has 1 aromatic heterocycles. The van der Waals surface area contributed by atoms with Crippen molar-refractivity contribution in [3.05, 3.63) is 29.6 Å². The van der Waals surface area contributed by atoms with E-state index in [0.717, 1.165) is 25.0 Å². The SMILES string of the molecule is Cc1cccnc1C(=O)C1CCCOC1. The Balaban J connectivity index is 2.16. The number of hydrogen-bond donors (Lipinski definition) is 0. The van der Waals surface area contributed by atoms with Crippen molar-refractivity contribution in [1.82, 2.24) is 4.98 Å². The first-order chi connectivity index (χ1) is 7.29. The molecular formula is C12H15NO2. The van der Waals surface area contributed by atoms with E-state index in [2.05, 4.69) is 4.98 Å². The van der Waals surface area contributed by atoms with Crippen molar-refractivity contribution in [3.63, 3.8) is 0 Å². The predicted octanol–water partition coefficient (Wildman–Crippen LogP) is 2.00. The van der Waals surface area contributed by atoms with Crippen molar-refractivity contribution in [2.24, 2.45) is 5.92 Å². The molecule has 0 bridgehead atoms. The van der Waals surface area contributed by atoms with Crippen LogP contribution in [0.4, 0.5) is 0 Å². The molecule has 1 unspecified atom stereocenters. The summed E-state index contributed by atoms with van der Waals surface area (Å²) in [6.45, 7) is 3.25. The highest BCUT2D eigenvalue weighted by molar-refractivity contribution is 5.97. The van der Waals surface area contributed by atoms with E-state index in [1.54, 1.807) is 6.20 Å². The predicted molar refractivity (Wildman–Crippen MR) is 56.8 cm³/mol. The van der Waals surface area contributed by atoms with Gasteiger partial charge in [-0.2, -0.15) is 0 Å². The zero-order valence-electron chi connectivity index (χ0n) is 8.90. The molecule has 0 saturated carbocycles. The maximum absolute atomic E-state index is 12.1. The Labute approximate surface area is 89.5 Å². The molecule has 15 heavy (non-hydrogen) atoms. The molecule has 0 amide bonds. The molecule has 1 saturated heterocycles. The molecule has 1 fully saturated rings. The van der Waals surface area contributed by atoms with Gasteiger partial charge < -0.3 is 4.74 Å². The molecular weight excluding hydrogens is 190 g/mol. The highest BCUT2D eigenvalue weighted by atomic mass is 16.5. The number of rotatable bonds is 2. The molecule has 0 aliphatic carbocycles. The Bertz CT molecular complexity index is 356. The average Bonchev–Trinajstić information content (AvgIpc) is 2.30. The lowest BCUT2D eigenvalue weighted by molar-refractivity contribution is 0.0457. The van der Waals surface area contributed by atoms with Crippen molar-refractivity contribution in [2.45, 2.75) is 19.8 Å². The fraction of sp³-hybridized carbons (Fsp3) is 0.500. The third kappa shape index (κ3) is 2.23. The van der Waals surface area contributed by atoms with Crippen LogP contribution in [0.5, 0.6) is 0 Å². The van der Waals surface area contributed by atoms with Crippen molar-refractivity contribution in [2.75, 3.05) is 13.2 Å². The van der Waals surface area contributed by atoms with Crippen LogP contribution in [0, 0.1) is 12.8 Å². The average molecular weight is 205 g/mol. The van der Waals surface area contributed by atoms with Gasteiger partial charge in [-0.05, 0) is 31.4 Å². The van der Waals surface area contributed by atoms with Gasteiger partial charge in [0.05, 0.1) is 6.61 Å². The standard InChI is InChI=1S/C12H15NO2/c1-9-4-2-6-13-11(9)12(14)10-5-3-7-15-8-10/h2,4,6,10H,3,5,7-8H2,1H3. The van der Waals surface area contributed by atoms with Crippen LogP contribution >= 0.6 is 0 Å². The van der Waals surface area contributed by atoms with Crippen molar-refractivity contribution < 1.29 is 9.53 Å². The van der Waals surface area contributed by atoms with Crippen molar-refractivity contribution >= 4 is 5.78 Å². The number of hydrogen-bond acceptors (Lipinski definition) is 3. The van der Waals surface area contributed by atoms with E-state index in [0.29, 0.717) is 12.3 Å². The molecule has 1 aromatic rings. The van der Waals surface area contributed by atoms with Gasteiger partial charge >= 0.3 is 0 Å². The van der Waals surface area contributed by atoms with Crippen molar-refractivity contribution in [1.29, 1.82) is 0 Å². The van der Waals surface area contributed by atoms with E-state index >= 15 is 0 Å². The lowest BCUT2D eigenvalue weighted by Gasteiger charge is -2.20. The lowest BCUT2D eigenvalue weighted by atomic mass is 9.94. The molecule has 0 spiro atoms.